The van der Waals surface area contributed by atoms with Crippen LogP contribution in [0.5, 0.6) is 0 Å². The average molecular weight is 140 g/mol. The van der Waals surface area contributed by atoms with Gasteiger partial charge in [-0.15, -0.1) is 0 Å². The Kier molecular flexibility index (Phi) is 2.91. The van der Waals surface area contributed by atoms with Gasteiger partial charge >= 0.3 is 0 Å². The highest BCUT2D eigenvalue weighted by atomic mass is 16.1. The predicted molar refractivity (Wildman–Crippen MR) is 41.8 cm³/mol. The third-order valence-corrected chi connectivity index (χ3v) is 2.67. The van der Waals surface area contributed by atoms with Crippen molar-refractivity contribution in [2.24, 2.45) is 11.8 Å². The zero-order valence-electron chi connectivity index (χ0n) is 6.68. The van der Waals surface area contributed by atoms with E-state index in [9.17, 15) is 4.79 Å². The van der Waals surface area contributed by atoms with Crippen LogP contribution in [0.1, 0.15) is 39.0 Å². The summed E-state index contributed by atoms with van der Waals surface area (Å²) in [6.45, 7) is 2.19. The molecule has 0 N–H and O–H groups in total. The number of carbonyl (C=O) groups excluding carboxylic acids is 1. The van der Waals surface area contributed by atoms with E-state index in [1.54, 1.807) is 0 Å². The summed E-state index contributed by atoms with van der Waals surface area (Å²) < 4.78 is 0. The van der Waals surface area contributed by atoms with Gasteiger partial charge in [-0.25, -0.2) is 0 Å². The topological polar surface area (TPSA) is 17.1 Å². The molecule has 0 radical (unpaired) electrons. The molecule has 58 valence electrons. The van der Waals surface area contributed by atoms with E-state index in [0.29, 0.717) is 11.8 Å². The normalized spacial score (nSPS) is 33.7. The maximum absolute atomic E-state index is 10.5. The second kappa shape index (κ2) is 3.75. The smallest absolute Gasteiger partial charge is 0.123 e. The van der Waals surface area contributed by atoms with Crippen molar-refractivity contribution < 1.29 is 4.79 Å². The average Bonchev–Trinajstić information content (AvgIpc) is 2.04. The van der Waals surface area contributed by atoms with Gasteiger partial charge in [0.25, 0.3) is 0 Å². The lowest BCUT2D eigenvalue weighted by atomic mass is 9.79. The Bertz CT molecular complexity index is 109. The van der Waals surface area contributed by atoms with Gasteiger partial charge in [0.1, 0.15) is 6.29 Å². The van der Waals surface area contributed by atoms with Crippen LogP contribution in [0.4, 0.5) is 0 Å². The standard InChI is InChI=1S/C9H16O/c1-2-8-5-3-4-6-9(8)7-10/h7-9H,2-6H2,1H3/t8-,9-/m1/s1. The molecule has 0 aliphatic heterocycles. The zero-order chi connectivity index (χ0) is 7.40. The Labute approximate surface area is 62.8 Å². The minimum Gasteiger partial charge on any atom is -0.303 e. The highest BCUT2D eigenvalue weighted by molar-refractivity contribution is 5.54. The third kappa shape index (κ3) is 1.59. The first-order valence-electron chi connectivity index (χ1n) is 4.33. The Morgan fingerprint density at radius 3 is 2.60 bits per heavy atom. The molecule has 0 amide bonds. The predicted octanol–water partition coefficient (Wildman–Crippen LogP) is 2.40. The van der Waals surface area contributed by atoms with E-state index < -0.39 is 0 Å². The van der Waals surface area contributed by atoms with Crippen molar-refractivity contribution >= 4 is 6.29 Å². The molecule has 0 spiro atoms. The van der Waals surface area contributed by atoms with Crippen molar-refractivity contribution in [3.05, 3.63) is 0 Å². The first-order chi connectivity index (χ1) is 4.88. The number of hydrogen-bond donors (Lipinski definition) is 0. The second-order valence-electron chi connectivity index (χ2n) is 3.25. The van der Waals surface area contributed by atoms with Crippen LogP contribution >= 0.6 is 0 Å². The zero-order valence-corrected chi connectivity index (χ0v) is 6.68. The van der Waals surface area contributed by atoms with E-state index in [2.05, 4.69) is 6.92 Å². The molecule has 1 nitrogen and oxygen atoms in total. The quantitative estimate of drug-likeness (QED) is 0.538. The van der Waals surface area contributed by atoms with E-state index in [4.69, 9.17) is 0 Å². The van der Waals surface area contributed by atoms with Gasteiger partial charge in [-0.2, -0.15) is 0 Å². The molecule has 10 heavy (non-hydrogen) atoms. The summed E-state index contributed by atoms with van der Waals surface area (Å²) in [5, 5.41) is 0. The summed E-state index contributed by atoms with van der Waals surface area (Å²) >= 11 is 0. The molecule has 1 rings (SSSR count). The van der Waals surface area contributed by atoms with Gasteiger partial charge in [0.05, 0.1) is 0 Å². The summed E-state index contributed by atoms with van der Waals surface area (Å²) in [5.41, 5.74) is 0. The summed E-state index contributed by atoms with van der Waals surface area (Å²) in [4.78, 5) is 10.5. The highest BCUT2D eigenvalue weighted by Crippen LogP contribution is 2.30. The second-order valence-corrected chi connectivity index (χ2v) is 3.25. The molecule has 0 aromatic rings. The Morgan fingerprint density at radius 2 is 2.10 bits per heavy atom. The van der Waals surface area contributed by atoms with Crippen LogP contribution < -0.4 is 0 Å². The van der Waals surface area contributed by atoms with Crippen molar-refractivity contribution in [1.82, 2.24) is 0 Å². The first-order valence-corrected chi connectivity index (χ1v) is 4.33. The molecule has 0 bridgehead atoms. The molecule has 1 fully saturated rings. The monoisotopic (exact) mass is 140 g/mol. The van der Waals surface area contributed by atoms with Gasteiger partial charge in [0.15, 0.2) is 0 Å². The number of carbonyl (C=O) groups is 1. The van der Waals surface area contributed by atoms with Crippen molar-refractivity contribution in [2.45, 2.75) is 39.0 Å². The molecular formula is C9H16O. The van der Waals surface area contributed by atoms with Crippen LogP contribution in [0.2, 0.25) is 0 Å². The number of aldehydes is 1. The molecule has 1 aliphatic rings. The van der Waals surface area contributed by atoms with Crippen molar-refractivity contribution in [3.63, 3.8) is 0 Å². The maximum Gasteiger partial charge on any atom is 0.123 e. The van der Waals surface area contributed by atoms with Gasteiger partial charge in [0.2, 0.25) is 0 Å². The van der Waals surface area contributed by atoms with Crippen LogP contribution in [0.15, 0.2) is 0 Å². The minimum absolute atomic E-state index is 0.388. The van der Waals surface area contributed by atoms with E-state index in [1.807, 2.05) is 0 Å². The van der Waals surface area contributed by atoms with Crippen molar-refractivity contribution in [3.8, 4) is 0 Å². The summed E-state index contributed by atoms with van der Waals surface area (Å²) in [6.07, 6.45) is 7.36. The molecule has 1 aliphatic carbocycles. The highest BCUT2D eigenvalue weighted by Gasteiger charge is 2.22. The Balaban J connectivity index is 2.41. The summed E-state index contributed by atoms with van der Waals surface area (Å²) in [6, 6.07) is 0. The van der Waals surface area contributed by atoms with E-state index >= 15 is 0 Å². The van der Waals surface area contributed by atoms with E-state index in [0.717, 1.165) is 12.7 Å². The molecule has 1 saturated carbocycles. The van der Waals surface area contributed by atoms with Crippen LogP contribution in [0.3, 0.4) is 0 Å². The largest absolute Gasteiger partial charge is 0.303 e. The lowest BCUT2D eigenvalue weighted by Crippen LogP contribution is -2.19. The van der Waals surface area contributed by atoms with Crippen LogP contribution in [-0.4, -0.2) is 6.29 Å². The van der Waals surface area contributed by atoms with E-state index in [-0.39, 0.29) is 0 Å². The summed E-state index contributed by atoms with van der Waals surface area (Å²) in [7, 11) is 0. The van der Waals surface area contributed by atoms with Gasteiger partial charge < -0.3 is 4.79 Å². The van der Waals surface area contributed by atoms with E-state index in [1.165, 1.54) is 25.7 Å². The minimum atomic E-state index is 0.388. The van der Waals surface area contributed by atoms with Crippen LogP contribution in [-0.2, 0) is 4.79 Å². The van der Waals surface area contributed by atoms with Crippen LogP contribution in [0, 0.1) is 11.8 Å². The molecule has 0 heterocycles. The van der Waals surface area contributed by atoms with Gasteiger partial charge in [-0.3, -0.25) is 0 Å². The molecule has 0 aromatic carbocycles. The SMILES string of the molecule is CC[C@@H]1CCCC[C@@H]1C=O. The fourth-order valence-electron chi connectivity index (χ4n) is 1.92. The van der Waals surface area contributed by atoms with Gasteiger partial charge in [0, 0.05) is 5.92 Å². The summed E-state index contributed by atoms with van der Waals surface area (Å²) in [5.74, 6) is 1.09. The molecule has 0 aromatic heterocycles. The molecular weight excluding hydrogens is 124 g/mol. The third-order valence-electron chi connectivity index (χ3n) is 2.67. The fraction of sp³-hybridized carbons (Fsp3) is 0.889. The Hall–Kier alpha value is -0.330. The molecule has 1 heteroatoms. The lowest BCUT2D eigenvalue weighted by Gasteiger charge is -2.26. The van der Waals surface area contributed by atoms with Crippen molar-refractivity contribution in [1.29, 1.82) is 0 Å². The molecule has 0 saturated heterocycles. The van der Waals surface area contributed by atoms with Gasteiger partial charge in [-0.05, 0) is 18.8 Å². The van der Waals surface area contributed by atoms with Crippen molar-refractivity contribution in [2.75, 3.05) is 0 Å². The molecule has 0 unspecified atom stereocenters. The van der Waals surface area contributed by atoms with Crippen LogP contribution in [0.25, 0.3) is 0 Å². The number of rotatable bonds is 2. The maximum atomic E-state index is 10.5. The van der Waals surface area contributed by atoms with Gasteiger partial charge in [-0.1, -0.05) is 26.2 Å². The Morgan fingerprint density at radius 1 is 1.40 bits per heavy atom. The first kappa shape index (κ1) is 7.77. The number of hydrogen-bond acceptors (Lipinski definition) is 1. The lowest BCUT2D eigenvalue weighted by molar-refractivity contribution is -0.113. The molecule has 2 atom stereocenters. The fourth-order valence-corrected chi connectivity index (χ4v) is 1.92.